The second-order valence-electron chi connectivity index (χ2n) is 4.05. The molecule has 7 heteroatoms. The molecule has 1 N–H and O–H groups in total. The van der Waals surface area contributed by atoms with E-state index in [4.69, 9.17) is 9.47 Å². The molecule has 0 heterocycles. The van der Waals surface area contributed by atoms with Gasteiger partial charge in [0.1, 0.15) is 0 Å². The van der Waals surface area contributed by atoms with E-state index in [1.807, 2.05) is 12.1 Å². The molecule has 1 aliphatic carbocycles. The fourth-order valence-electron chi connectivity index (χ4n) is 1.82. The zero-order chi connectivity index (χ0) is 14.9. The zero-order valence-electron chi connectivity index (χ0n) is 10.3. The van der Waals surface area contributed by atoms with E-state index in [1.165, 1.54) is 0 Å². The van der Waals surface area contributed by atoms with Crippen LogP contribution in [-0.2, 0) is 4.74 Å². The molecule has 0 bridgehead atoms. The predicted octanol–water partition coefficient (Wildman–Crippen LogP) is 5.60. The number of ether oxygens (including phenoxy) is 2. The maximum atomic E-state index is 10.0. The van der Waals surface area contributed by atoms with E-state index in [-0.39, 0.29) is 11.9 Å². The van der Waals surface area contributed by atoms with Crippen LogP contribution in [0.2, 0.25) is 0 Å². The summed E-state index contributed by atoms with van der Waals surface area (Å²) in [4.78, 5) is 0. The summed E-state index contributed by atoms with van der Waals surface area (Å²) in [6.07, 6.45) is 2.23. The molecule has 0 fully saturated rings. The van der Waals surface area contributed by atoms with Crippen LogP contribution in [0.15, 0.2) is 41.9 Å². The van der Waals surface area contributed by atoms with E-state index in [0.29, 0.717) is 22.4 Å². The molecule has 1 atom stereocenters. The van der Waals surface area contributed by atoms with Crippen LogP contribution in [0.4, 0.5) is 0 Å². The fraction of sp³-hybridized carbons (Fsp3) is 0.231. The number of phenolic OH excluding ortho intramolecular Hbond substituents is 1. The zero-order valence-corrected chi connectivity index (χ0v) is 16.6. The Morgan fingerprint density at radius 3 is 2.50 bits per heavy atom. The van der Waals surface area contributed by atoms with E-state index >= 15 is 0 Å². The van der Waals surface area contributed by atoms with E-state index in [2.05, 4.69) is 63.7 Å². The number of phenols is 1. The molecule has 0 aliphatic heterocycles. The van der Waals surface area contributed by atoms with Crippen LogP contribution in [0.5, 0.6) is 11.5 Å². The molecule has 2 rings (SSSR count). The molecule has 3 nitrogen and oxygen atoms in total. The number of hydrogen-bond acceptors (Lipinski definition) is 3. The molecule has 20 heavy (non-hydrogen) atoms. The van der Waals surface area contributed by atoms with Crippen molar-refractivity contribution in [3.8, 4) is 11.5 Å². The van der Waals surface area contributed by atoms with Crippen LogP contribution >= 0.6 is 63.7 Å². The third-order valence-corrected chi connectivity index (χ3v) is 4.88. The lowest BCUT2D eigenvalue weighted by Gasteiger charge is -2.25. The first kappa shape index (κ1) is 16.4. The molecule has 1 aromatic carbocycles. The normalized spacial score (nSPS) is 18.9. The van der Waals surface area contributed by atoms with Gasteiger partial charge < -0.3 is 14.6 Å². The monoisotopic (exact) mass is 530 g/mol. The highest BCUT2D eigenvalue weighted by Crippen LogP contribution is 2.41. The summed E-state index contributed by atoms with van der Waals surface area (Å²) in [5.41, 5.74) is 0. The number of halogens is 4. The quantitative estimate of drug-likeness (QED) is 0.550. The highest BCUT2D eigenvalue weighted by atomic mass is 79.9. The summed E-state index contributed by atoms with van der Waals surface area (Å²) < 4.78 is 14.5. The minimum absolute atomic E-state index is 0.0588. The molecule has 108 valence electrons. The lowest BCUT2D eigenvalue weighted by atomic mass is 10.1. The van der Waals surface area contributed by atoms with Crippen LogP contribution in [0, 0.1) is 0 Å². The highest BCUT2D eigenvalue weighted by molar-refractivity contribution is 9.12. The Morgan fingerprint density at radius 1 is 1.20 bits per heavy atom. The minimum atomic E-state index is -0.322. The summed E-state index contributed by atoms with van der Waals surface area (Å²) in [6.45, 7) is 0. The van der Waals surface area contributed by atoms with Gasteiger partial charge in [0, 0.05) is 15.4 Å². The molecule has 1 unspecified atom stereocenters. The van der Waals surface area contributed by atoms with Gasteiger partial charge in [0.25, 0.3) is 0 Å². The molecule has 0 saturated heterocycles. The number of allylic oxidation sites excluding steroid dienone is 2. The van der Waals surface area contributed by atoms with Crippen molar-refractivity contribution in [2.75, 3.05) is 7.11 Å². The third-order valence-electron chi connectivity index (χ3n) is 2.66. The van der Waals surface area contributed by atoms with Crippen LogP contribution in [0.1, 0.15) is 6.42 Å². The second-order valence-corrected chi connectivity index (χ2v) is 7.70. The Labute approximate surface area is 150 Å². The highest BCUT2D eigenvalue weighted by Gasteiger charge is 2.27. The van der Waals surface area contributed by atoms with Gasteiger partial charge in [-0.05, 0) is 50.1 Å². The van der Waals surface area contributed by atoms with Gasteiger partial charge >= 0.3 is 0 Å². The summed E-state index contributed by atoms with van der Waals surface area (Å²) in [7, 11) is 1.59. The largest absolute Gasteiger partial charge is 0.504 e. The summed E-state index contributed by atoms with van der Waals surface area (Å²) in [5.74, 6) is 1.13. The van der Waals surface area contributed by atoms with Gasteiger partial charge in [0.2, 0.25) is 0 Å². The lowest BCUT2D eigenvalue weighted by Crippen LogP contribution is -2.23. The first-order valence-electron chi connectivity index (χ1n) is 5.56. The SMILES string of the molecule is COC1=C(Br)C=C(Br)CC1Oc1c(O)cc(Br)cc1Br. The topological polar surface area (TPSA) is 38.7 Å². The molecule has 0 spiro atoms. The van der Waals surface area contributed by atoms with Crippen molar-refractivity contribution in [1.82, 2.24) is 0 Å². The van der Waals surface area contributed by atoms with E-state index in [0.717, 1.165) is 13.4 Å². The number of benzene rings is 1. The van der Waals surface area contributed by atoms with Crippen molar-refractivity contribution >= 4 is 63.7 Å². The summed E-state index contributed by atoms with van der Waals surface area (Å²) in [6, 6.07) is 3.40. The number of hydrogen-bond donors (Lipinski definition) is 1. The number of methoxy groups -OCH3 is 1. The van der Waals surface area contributed by atoms with Gasteiger partial charge in [0.15, 0.2) is 23.4 Å². The molecule has 1 aromatic rings. The maximum absolute atomic E-state index is 10.0. The van der Waals surface area contributed by atoms with Crippen molar-refractivity contribution in [3.05, 3.63) is 41.9 Å². The van der Waals surface area contributed by atoms with Gasteiger partial charge in [0.05, 0.1) is 16.1 Å². The molecule has 0 aromatic heterocycles. The van der Waals surface area contributed by atoms with E-state index in [1.54, 1.807) is 13.2 Å². The van der Waals surface area contributed by atoms with Gasteiger partial charge in [-0.25, -0.2) is 0 Å². The predicted molar refractivity (Wildman–Crippen MR) is 92.5 cm³/mol. The number of rotatable bonds is 3. The van der Waals surface area contributed by atoms with Crippen molar-refractivity contribution in [1.29, 1.82) is 0 Å². The Bertz CT molecular complexity index is 572. The van der Waals surface area contributed by atoms with Gasteiger partial charge in [-0.1, -0.05) is 31.9 Å². The Hall–Kier alpha value is 0.0200. The molecular weight excluding hydrogens is 524 g/mol. The molecule has 1 aliphatic rings. The average Bonchev–Trinajstić information content (AvgIpc) is 2.33. The van der Waals surface area contributed by atoms with Gasteiger partial charge in [-0.3, -0.25) is 0 Å². The minimum Gasteiger partial charge on any atom is -0.504 e. The van der Waals surface area contributed by atoms with E-state index in [9.17, 15) is 5.11 Å². The van der Waals surface area contributed by atoms with Crippen molar-refractivity contribution in [3.63, 3.8) is 0 Å². The Morgan fingerprint density at radius 2 is 1.90 bits per heavy atom. The lowest BCUT2D eigenvalue weighted by molar-refractivity contribution is 0.141. The standard InChI is InChI=1S/C13H10Br4O3/c1-19-13-9(17)3-7(15)5-11(13)20-12-8(16)2-6(14)4-10(12)18/h2-4,11,18H,5H2,1H3. The Balaban J connectivity index is 2.33. The van der Waals surface area contributed by atoms with Gasteiger partial charge in [-0.15, -0.1) is 0 Å². The first-order valence-corrected chi connectivity index (χ1v) is 8.74. The van der Waals surface area contributed by atoms with E-state index < -0.39 is 0 Å². The Kier molecular flexibility index (Phi) is 5.62. The molecule has 0 amide bonds. The maximum Gasteiger partial charge on any atom is 0.176 e. The summed E-state index contributed by atoms with van der Waals surface area (Å²) in [5, 5.41) is 10.0. The van der Waals surface area contributed by atoms with Crippen LogP contribution in [-0.4, -0.2) is 18.3 Å². The molecule has 0 saturated carbocycles. The smallest absolute Gasteiger partial charge is 0.176 e. The van der Waals surface area contributed by atoms with Crippen molar-refractivity contribution < 1.29 is 14.6 Å². The second kappa shape index (κ2) is 6.85. The average molecular weight is 534 g/mol. The third kappa shape index (κ3) is 3.61. The number of aromatic hydroxyl groups is 1. The van der Waals surface area contributed by atoms with Crippen molar-refractivity contribution in [2.45, 2.75) is 12.5 Å². The summed E-state index contributed by atoms with van der Waals surface area (Å²) >= 11 is 13.6. The molecular formula is C13H10Br4O3. The van der Waals surface area contributed by atoms with Gasteiger partial charge in [-0.2, -0.15) is 0 Å². The van der Waals surface area contributed by atoms with Crippen LogP contribution in [0.25, 0.3) is 0 Å². The first-order chi connectivity index (χ1) is 9.42. The fourth-order valence-corrected chi connectivity index (χ4v) is 4.64. The van der Waals surface area contributed by atoms with Crippen LogP contribution in [0.3, 0.4) is 0 Å². The molecule has 0 radical (unpaired) electrons. The van der Waals surface area contributed by atoms with Crippen molar-refractivity contribution in [2.24, 2.45) is 0 Å². The van der Waals surface area contributed by atoms with Crippen LogP contribution < -0.4 is 4.74 Å².